The summed E-state index contributed by atoms with van der Waals surface area (Å²) in [6.45, 7) is 4.03. The molecule has 0 atom stereocenters. The fourth-order valence-corrected chi connectivity index (χ4v) is 1.04. The van der Waals surface area contributed by atoms with Crippen molar-refractivity contribution in [2.24, 2.45) is 0 Å². The minimum Gasteiger partial charge on any atom is -0.298 e. The first-order valence-electron chi connectivity index (χ1n) is 5.10. The van der Waals surface area contributed by atoms with Gasteiger partial charge in [0.1, 0.15) is 6.29 Å². The fraction of sp³-hybridized carbons (Fsp3) is 0.583. The average Bonchev–Trinajstić information content (AvgIpc) is 2.16. The topological polar surface area (TPSA) is 17.1 Å². The second-order valence-electron chi connectivity index (χ2n) is 3.31. The molecule has 0 saturated heterocycles. The normalized spacial score (nSPS) is 12.3. The van der Waals surface area contributed by atoms with Gasteiger partial charge in [0, 0.05) is 0 Å². The first-order valence-corrected chi connectivity index (χ1v) is 5.10. The van der Waals surface area contributed by atoms with Gasteiger partial charge in [-0.3, -0.25) is 4.79 Å². The number of aldehydes is 1. The Morgan fingerprint density at radius 3 is 2.62 bits per heavy atom. The van der Waals surface area contributed by atoms with Gasteiger partial charge in [0.2, 0.25) is 0 Å². The lowest BCUT2D eigenvalue weighted by molar-refractivity contribution is -0.104. The highest BCUT2D eigenvalue weighted by molar-refractivity contribution is 5.72. The zero-order chi connectivity index (χ0) is 9.94. The van der Waals surface area contributed by atoms with Gasteiger partial charge in [-0.25, -0.2) is 0 Å². The summed E-state index contributed by atoms with van der Waals surface area (Å²) < 4.78 is 0. The van der Waals surface area contributed by atoms with E-state index >= 15 is 0 Å². The smallest absolute Gasteiger partial charge is 0.145 e. The predicted octanol–water partition coefficient (Wildman–Crippen LogP) is 3.66. The maximum Gasteiger partial charge on any atom is 0.145 e. The van der Waals surface area contributed by atoms with Crippen LogP contribution in [0.1, 0.15) is 46.0 Å². The molecule has 0 aliphatic carbocycles. The molecule has 0 heterocycles. The number of unbranched alkanes of at least 4 members (excludes halogenated alkanes) is 4. The highest BCUT2D eigenvalue weighted by atomic mass is 16.1. The summed E-state index contributed by atoms with van der Waals surface area (Å²) in [6, 6.07) is 0. The van der Waals surface area contributed by atoms with Crippen molar-refractivity contribution in [1.29, 1.82) is 0 Å². The molecule has 0 N–H and O–H groups in total. The number of rotatable bonds is 7. The second kappa shape index (κ2) is 9.24. The van der Waals surface area contributed by atoms with E-state index in [1.807, 2.05) is 19.1 Å². The second-order valence-corrected chi connectivity index (χ2v) is 3.31. The molecule has 0 radical (unpaired) electrons. The van der Waals surface area contributed by atoms with Crippen molar-refractivity contribution >= 4 is 6.29 Å². The van der Waals surface area contributed by atoms with E-state index < -0.39 is 0 Å². The van der Waals surface area contributed by atoms with Crippen LogP contribution in [0.25, 0.3) is 0 Å². The maximum absolute atomic E-state index is 10.2. The van der Waals surface area contributed by atoms with E-state index in [0.29, 0.717) is 0 Å². The Balaban J connectivity index is 3.36. The van der Waals surface area contributed by atoms with Crippen LogP contribution < -0.4 is 0 Å². The van der Waals surface area contributed by atoms with Crippen LogP contribution in [0.2, 0.25) is 0 Å². The lowest BCUT2D eigenvalue weighted by Crippen LogP contribution is -1.74. The molecule has 0 aromatic carbocycles. The van der Waals surface area contributed by atoms with E-state index in [2.05, 4.69) is 13.0 Å². The van der Waals surface area contributed by atoms with E-state index in [0.717, 1.165) is 18.3 Å². The molecule has 0 spiro atoms. The van der Waals surface area contributed by atoms with Crippen molar-refractivity contribution < 1.29 is 4.79 Å². The first kappa shape index (κ1) is 12.2. The Kier molecular flexibility index (Phi) is 8.64. The van der Waals surface area contributed by atoms with E-state index in [9.17, 15) is 4.79 Å². The molecule has 0 bridgehead atoms. The largest absolute Gasteiger partial charge is 0.298 e. The Hall–Kier alpha value is -0.850. The van der Waals surface area contributed by atoms with Gasteiger partial charge in [-0.15, -0.1) is 0 Å². The lowest BCUT2D eigenvalue weighted by Gasteiger charge is -1.93. The summed E-state index contributed by atoms with van der Waals surface area (Å²) in [5.41, 5.74) is 0.782. The molecule has 1 heteroatoms. The van der Waals surface area contributed by atoms with Crippen molar-refractivity contribution in [3.05, 3.63) is 23.8 Å². The van der Waals surface area contributed by atoms with Crippen molar-refractivity contribution in [2.45, 2.75) is 46.0 Å². The lowest BCUT2D eigenvalue weighted by atomic mass is 10.1. The van der Waals surface area contributed by atoms with Gasteiger partial charge in [-0.05, 0) is 25.3 Å². The highest BCUT2D eigenvalue weighted by Gasteiger charge is 1.83. The standard InChI is InChI=1S/C12H20O/c1-3-4-5-6-7-8-9-10-12(2)11-13/h8-11H,3-7H2,1-2H3/b9-8+,12-10+. The van der Waals surface area contributed by atoms with Crippen LogP contribution in [-0.2, 0) is 4.79 Å². The monoisotopic (exact) mass is 180 g/mol. The summed E-state index contributed by atoms with van der Waals surface area (Å²) in [6.07, 6.45) is 13.1. The van der Waals surface area contributed by atoms with Gasteiger partial charge in [-0.1, -0.05) is 44.4 Å². The zero-order valence-electron chi connectivity index (χ0n) is 8.75. The average molecular weight is 180 g/mol. The Labute approximate surface area is 81.5 Å². The van der Waals surface area contributed by atoms with Crippen LogP contribution in [-0.4, -0.2) is 6.29 Å². The first-order chi connectivity index (χ1) is 6.31. The third kappa shape index (κ3) is 9.06. The quantitative estimate of drug-likeness (QED) is 0.253. The molecule has 0 aliphatic heterocycles. The molecule has 1 nitrogen and oxygen atoms in total. The van der Waals surface area contributed by atoms with Gasteiger partial charge in [0.15, 0.2) is 0 Å². The van der Waals surface area contributed by atoms with Crippen LogP contribution in [0.15, 0.2) is 23.8 Å². The van der Waals surface area contributed by atoms with Gasteiger partial charge in [0.05, 0.1) is 0 Å². The van der Waals surface area contributed by atoms with Crippen LogP contribution in [0, 0.1) is 0 Å². The Morgan fingerprint density at radius 2 is 2.00 bits per heavy atom. The number of allylic oxidation sites excluding steroid dienone is 4. The van der Waals surface area contributed by atoms with Crippen molar-refractivity contribution in [2.75, 3.05) is 0 Å². The third-order valence-corrected chi connectivity index (χ3v) is 1.91. The zero-order valence-corrected chi connectivity index (χ0v) is 8.75. The van der Waals surface area contributed by atoms with Crippen LogP contribution in [0.3, 0.4) is 0 Å². The summed E-state index contributed by atoms with van der Waals surface area (Å²) >= 11 is 0. The van der Waals surface area contributed by atoms with Crippen LogP contribution in [0.4, 0.5) is 0 Å². The van der Waals surface area contributed by atoms with Crippen molar-refractivity contribution in [3.8, 4) is 0 Å². The summed E-state index contributed by atoms with van der Waals surface area (Å²) in [5.74, 6) is 0. The minimum atomic E-state index is 0.782. The number of carbonyl (C=O) groups excluding carboxylic acids is 1. The van der Waals surface area contributed by atoms with E-state index in [1.165, 1.54) is 25.7 Å². The molecule has 0 saturated carbocycles. The number of hydrogen-bond acceptors (Lipinski definition) is 1. The van der Waals surface area contributed by atoms with E-state index in [-0.39, 0.29) is 0 Å². The van der Waals surface area contributed by atoms with Gasteiger partial charge < -0.3 is 0 Å². The molecule has 0 aliphatic rings. The Bertz CT molecular complexity index is 178. The number of carbonyl (C=O) groups is 1. The van der Waals surface area contributed by atoms with Crippen molar-refractivity contribution in [1.82, 2.24) is 0 Å². The highest BCUT2D eigenvalue weighted by Crippen LogP contribution is 2.02. The molecular weight excluding hydrogens is 160 g/mol. The fourth-order valence-electron chi connectivity index (χ4n) is 1.04. The molecule has 13 heavy (non-hydrogen) atoms. The van der Waals surface area contributed by atoms with Crippen molar-refractivity contribution in [3.63, 3.8) is 0 Å². The minimum absolute atomic E-state index is 0.782. The Morgan fingerprint density at radius 1 is 1.23 bits per heavy atom. The van der Waals surface area contributed by atoms with E-state index in [4.69, 9.17) is 0 Å². The summed E-state index contributed by atoms with van der Waals surface area (Å²) in [4.78, 5) is 10.2. The molecule has 74 valence electrons. The van der Waals surface area contributed by atoms with Gasteiger partial charge in [0.25, 0.3) is 0 Å². The summed E-state index contributed by atoms with van der Waals surface area (Å²) in [7, 11) is 0. The molecule has 0 unspecified atom stereocenters. The van der Waals surface area contributed by atoms with Crippen LogP contribution in [0.5, 0.6) is 0 Å². The predicted molar refractivity (Wildman–Crippen MR) is 57.7 cm³/mol. The van der Waals surface area contributed by atoms with E-state index in [1.54, 1.807) is 0 Å². The van der Waals surface area contributed by atoms with Gasteiger partial charge >= 0.3 is 0 Å². The van der Waals surface area contributed by atoms with Gasteiger partial charge in [-0.2, -0.15) is 0 Å². The molecule has 0 aromatic rings. The SMILES string of the molecule is CCCCCC/C=C/C=C(\C)C=O. The van der Waals surface area contributed by atoms with Crippen LogP contribution >= 0.6 is 0 Å². The molecule has 0 fully saturated rings. The molecular formula is C12H20O. The molecule has 0 aromatic heterocycles. The summed E-state index contributed by atoms with van der Waals surface area (Å²) in [5, 5.41) is 0. The maximum atomic E-state index is 10.2. The molecule has 0 rings (SSSR count). The number of hydrogen-bond donors (Lipinski definition) is 0. The molecule has 0 amide bonds. The third-order valence-electron chi connectivity index (χ3n) is 1.91.